The lowest BCUT2D eigenvalue weighted by atomic mass is 9.82. The largest absolute Gasteiger partial charge is 0.352 e. The lowest BCUT2D eigenvalue weighted by Gasteiger charge is -2.30. The Labute approximate surface area is 168 Å². The van der Waals surface area contributed by atoms with Gasteiger partial charge in [0.25, 0.3) is 5.56 Å². The fraction of sp³-hybridized carbons (Fsp3) is 0.348. The fourth-order valence-electron chi connectivity index (χ4n) is 4.78. The highest BCUT2D eigenvalue weighted by atomic mass is 16.2. The SMILES string of the molecule is O=C(N[C@H]1CC[C@H](c2n[nH]c(=O)c3ccccc32)CC1)C1NCc2ccccc21. The van der Waals surface area contributed by atoms with Gasteiger partial charge in [-0.1, -0.05) is 42.5 Å². The van der Waals surface area contributed by atoms with E-state index in [1.54, 1.807) is 0 Å². The zero-order valence-corrected chi connectivity index (χ0v) is 16.2. The first kappa shape index (κ1) is 18.1. The summed E-state index contributed by atoms with van der Waals surface area (Å²) in [5, 5.41) is 15.2. The second kappa shape index (κ2) is 7.44. The van der Waals surface area contributed by atoms with Crippen LogP contribution in [0, 0.1) is 0 Å². The molecule has 0 radical (unpaired) electrons. The Hall–Kier alpha value is -2.99. The quantitative estimate of drug-likeness (QED) is 0.644. The van der Waals surface area contributed by atoms with Crippen LogP contribution in [0.2, 0.25) is 0 Å². The van der Waals surface area contributed by atoms with E-state index < -0.39 is 0 Å². The normalized spacial score (nSPS) is 23.7. The molecule has 1 saturated carbocycles. The number of carbonyl (C=O) groups excluding carboxylic acids is 1. The minimum atomic E-state index is -0.256. The molecule has 3 N–H and O–H groups in total. The van der Waals surface area contributed by atoms with Gasteiger partial charge in [0.2, 0.25) is 5.91 Å². The number of nitrogens with zero attached hydrogens (tertiary/aromatic N) is 1. The van der Waals surface area contributed by atoms with Crippen LogP contribution in [0.25, 0.3) is 10.8 Å². The van der Waals surface area contributed by atoms with Crippen LogP contribution < -0.4 is 16.2 Å². The Morgan fingerprint density at radius 1 is 0.966 bits per heavy atom. The molecule has 1 aliphatic carbocycles. The minimum Gasteiger partial charge on any atom is -0.352 e. The maximum atomic E-state index is 12.8. The lowest BCUT2D eigenvalue weighted by Crippen LogP contribution is -2.42. The Morgan fingerprint density at radius 3 is 2.52 bits per heavy atom. The highest BCUT2D eigenvalue weighted by Crippen LogP contribution is 2.35. The van der Waals surface area contributed by atoms with Crippen molar-refractivity contribution in [1.82, 2.24) is 20.8 Å². The number of fused-ring (bicyclic) bond motifs is 2. The number of hydrogen-bond acceptors (Lipinski definition) is 4. The maximum absolute atomic E-state index is 12.8. The van der Waals surface area contributed by atoms with E-state index in [-0.39, 0.29) is 23.6 Å². The Bertz CT molecular complexity index is 1120. The topological polar surface area (TPSA) is 86.9 Å². The molecular formula is C23H24N4O2. The van der Waals surface area contributed by atoms with Crippen molar-refractivity contribution in [3.05, 3.63) is 75.7 Å². The second-order valence-electron chi connectivity index (χ2n) is 8.05. The first-order valence-corrected chi connectivity index (χ1v) is 10.3. The van der Waals surface area contributed by atoms with Gasteiger partial charge in [0.15, 0.2) is 0 Å². The molecule has 1 atom stereocenters. The zero-order chi connectivity index (χ0) is 19.8. The zero-order valence-electron chi connectivity index (χ0n) is 16.2. The molecular weight excluding hydrogens is 364 g/mol. The van der Waals surface area contributed by atoms with E-state index >= 15 is 0 Å². The van der Waals surface area contributed by atoms with Crippen LogP contribution in [0.3, 0.4) is 0 Å². The molecule has 1 aliphatic heterocycles. The third-order valence-electron chi connectivity index (χ3n) is 6.31. The Morgan fingerprint density at radius 2 is 1.69 bits per heavy atom. The molecule has 3 aromatic rings. The molecule has 148 valence electrons. The number of carbonyl (C=O) groups is 1. The molecule has 1 aromatic heterocycles. The summed E-state index contributed by atoms with van der Waals surface area (Å²) in [6.07, 6.45) is 3.73. The summed E-state index contributed by atoms with van der Waals surface area (Å²) < 4.78 is 0. The van der Waals surface area contributed by atoms with E-state index in [4.69, 9.17) is 0 Å². The summed E-state index contributed by atoms with van der Waals surface area (Å²) in [4.78, 5) is 24.8. The van der Waals surface area contributed by atoms with Gasteiger partial charge >= 0.3 is 0 Å². The van der Waals surface area contributed by atoms with E-state index in [0.29, 0.717) is 11.3 Å². The van der Waals surface area contributed by atoms with Gasteiger partial charge < -0.3 is 5.32 Å². The van der Waals surface area contributed by atoms with Crippen LogP contribution in [0.15, 0.2) is 53.3 Å². The van der Waals surface area contributed by atoms with Crippen molar-refractivity contribution in [3.63, 3.8) is 0 Å². The van der Waals surface area contributed by atoms with Crippen molar-refractivity contribution in [2.24, 2.45) is 0 Å². The van der Waals surface area contributed by atoms with Gasteiger partial charge in [0.1, 0.15) is 6.04 Å². The van der Waals surface area contributed by atoms with Gasteiger partial charge in [-0.3, -0.25) is 14.9 Å². The van der Waals surface area contributed by atoms with Crippen molar-refractivity contribution < 1.29 is 4.79 Å². The predicted molar refractivity (Wildman–Crippen MR) is 112 cm³/mol. The Balaban J connectivity index is 1.25. The summed E-state index contributed by atoms with van der Waals surface area (Å²) in [7, 11) is 0. The minimum absolute atomic E-state index is 0.0611. The molecule has 0 bridgehead atoms. The van der Waals surface area contributed by atoms with Gasteiger partial charge in [-0.05, 0) is 42.9 Å². The van der Waals surface area contributed by atoms with Crippen LogP contribution in [-0.2, 0) is 11.3 Å². The molecule has 2 aliphatic rings. The number of benzene rings is 2. The molecule has 0 spiro atoms. The molecule has 6 nitrogen and oxygen atoms in total. The number of hydrogen-bond donors (Lipinski definition) is 3. The van der Waals surface area contributed by atoms with E-state index in [0.717, 1.165) is 48.9 Å². The monoisotopic (exact) mass is 388 g/mol. The number of amides is 1. The van der Waals surface area contributed by atoms with Crippen molar-refractivity contribution in [2.45, 2.75) is 50.2 Å². The van der Waals surface area contributed by atoms with Crippen LogP contribution >= 0.6 is 0 Å². The van der Waals surface area contributed by atoms with Crippen molar-refractivity contribution in [1.29, 1.82) is 0 Å². The standard InChI is InChI=1S/C23H24N4O2/c28-22-19-8-4-3-7-18(19)20(26-27-22)14-9-11-16(12-10-14)25-23(29)21-17-6-2-1-5-15(17)13-24-21/h1-8,14,16,21,24H,9-13H2,(H,25,29)(H,27,28)/t14-,16-,21?. The first-order chi connectivity index (χ1) is 14.2. The van der Waals surface area contributed by atoms with Crippen molar-refractivity contribution in [3.8, 4) is 0 Å². The van der Waals surface area contributed by atoms with E-state index in [1.165, 1.54) is 5.56 Å². The number of aromatic nitrogens is 2. The molecule has 1 amide bonds. The summed E-state index contributed by atoms with van der Waals surface area (Å²) >= 11 is 0. The maximum Gasteiger partial charge on any atom is 0.272 e. The lowest BCUT2D eigenvalue weighted by molar-refractivity contribution is -0.124. The molecule has 29 heavy (non-hydrogen) atoms. The Kier molecular flexibility index (Phi) is 4.64. The van der Waals surface area contributed by atoms with Gasteiger partial charge in [0, 0.05) is 23.9 Å². The summed E-state index contributed by atoms with van der Waals surface area (Å²) in [5.74, 6) is 0.362. The van der Waals surface area contributed by atoms with Crippen LogP contribution in [-0.4, -0.2) is 22.1 Å². The molecule has 2 aromatic carbocycles. The average molecular weight is 388 g/mol. The number of H-pyrrole nitrogens is 1. The molecule has 5 rings (SSSR count). The van der Waals surface area contributed by atoms with Crippen molar-refractivity contribution >= 4 is 16.7 Å². The van der Waals surface area contributed by atoms with Crippen LogP contribution in [0.1, 0.15) is 54.5 Å². The fourth-order valence-corrected chi connectivity index (χ4v) is 4.78. The molecule has 0 saturated heterocycles. The summed E-state index contributed by atoms with van der Waals surface area (Å²) in [6, 6.07) is 15.7. The van der Waals surface area contributed by atoms with Gasteiger partial charge in [0.05, 0.1) is 11.1 Å². The molecule has 1 fully saturated rings. The highest BCUT2D eigenvalue weighted by molar-refractivity contribution is 5.85. The summed E-state index contributed by atoms with van der Waals surface area (Å²) in [6.45, 7) is 0.742. The highest BCUT2D eigenvalue weighted by Gasteiger charge is 2.31. The van der Waals surface area contributed by atoms with Crippen LogP contribution in [0.4, 0.5) is 0 Å². The number of nitrogens with one attached hydrogen (secondary N) is 3. The predicted octanol–water partition coefficient (Wildman–Crippen LogP) is 2.91. The third kappa shape index (κ3) is 3.34. The summed E-state index contributed by atoms with van der Waals surface area (Å²) in [5.41, 5.74) is 3.11. The van der Waals surface area contributed by atoms with Gasteiger partial charge in [-0.25, -0.2) is 5.10 Å². The molecule has 2 heterocycles. The first-order valence-electron chi connectivity index (χ1n) is 10.3. The van der Waals surface area contributed by atoms with Gasteiger partial charge in [-0.15, -0.1) is 0 Å². The third-order valence-corrected chi connectivity index (χ3v) is 6.31. The van der Waals surface area contributed by atoms with Crippen LogP contribution in [0.5, 0.6) is 0 Å². The van der Waals surface area contributed by atoms with E-state index in [9.17, 15) is 9.59 Å². The number of rotatable bonds is 3. The second-order valence-corrected chi connectivity index (χ2v) is 8.05. The average Bonchev–Trinajstić information content (AvgIpc) is 3.19. The van der Waals surface area contributed by atoms with Crippen molar-refractivity contribution in [2.75, 3.05) is 0 Å². The molecule has 1 unspecified atom stereocenters. The van der Waals surface area contributed by atoms with E-state index in [2.05, 4.69) is 26.9 Å². The van der Waals surface area contributed by atoms with Gasteiger partial charge in [-0.2, -0.15) is 5.10 Å². The molecule has 6 heteroatoms. The van der Waals surface area contributed by atoms with E-state index in [1.807, 2.05) is 42.5 Å². The number of aromatic amines is 1. The smallest absolute Gasteiger partial charge is 0.272 e.